The molecule has 132 valence electrons. The number of amides is 1. The number of carbonyl (C=O) groups is 1. The van der Waals surface area contributed by atoms with Crippen molar-refractivity contribution in [3.63, 3.8) is 0 Å². The van der Waals surface area contributed by atoms with E-state index in [-0.39, 0.29) is 5.91 Å². The molecule has 24 heavy (non-hydrogen) atoms. The van der Waals surface area contributed by atoms with Crippen molar-refractivity contribution in [3.8, 4) is 11.5 Å². The van der Waals surface area contributed by atoms with Crippen LogP contribution in [0.15, 0.2) is 23.1 Å². The number of likely N-dealkylation sites (N-methyl/N-ethyl adjacent to an activating group) is 1. The third-order valence-corrected chi connectivity index (χ3v) is 5.48. The van der Waals surface area contributed by atoms with Gasteiger partial charge in [0.15, 0.2) is 11.5 Å². The van der Waals surface area contributed by atoms with Crippen molar-refractivity contribution in [1.29, 1.82) is 0 Å². The van der Waals surface area contributed by atoms with E-state index in [1.54, 1.807) is 11.8 Å². The summed E-state index contributed by atoms with van der Waals surface area (Å²) in [6.45, 7) is 3.13. The van der Waals surface area contributed by atoms with Crippen LogP contribution in [0.4, 0.5) is 0 Å². The molecule has 3 rings (SSSR count). The molecular weight excluding hydrogens is 324 g/mol. The molecule has 1 saturated heterocycles. The number of nitrogens with zero attached hydrogens (tertiary/aromatic N) is 1. The van der Waals surface area contributed by atoms with Crippen LogP contribution >= 0.6 is 11.8 Å². The van der Waals surface area contributed by atoms with Crippen LogP contribution in [0, 0.1) is 0 Å². The molecule has 1 fully saturated rings. The van der Waals surface area contributed by atoms with E-state index in [1.807, 2.05) is 30.1 Å². The molecule has 2 aliphatic rings. The number of thioether (sulfide) groups is 1. The van der Waals surface area contributed by atoms with Crippen LogP contribution < -0.4 is 14.8 Å². The Balaban J connectivity index is 1.47. The van der Waals surface area contributed by atoms with Crippen LogP contribution in [0.25, 0.3) is 0 Å². The van der Waals surface area contributed by atoms with E-state index >= 15 is 0 Å². The van der Waals surface area contributed by atoms with Crippen molar-refractivity contribution < 1.29 is 14.3 Å². The topological polar surface area (TPSA) is 50.8 Å². The predicted octanol–water partition coefficient (Wildman–Crippen LogP) is 2.54. The van der Waals surface area contributed by atoms with Gasteiger partial charge >= 0.3 is 0 Å². The van der Waals surface area contributed by atoms with Gasteiger partial charge in [0.1, 0.15) is 0 Å². The van der Waals surface area contributed by atoms with Gasteiger partial charge in [0.05, 0.1) is 13.2 Å². The highest BCUT2D eigenvalue weighted by molar-refractivity contribution is 7.99. The van der Waals surface area contributed by atoms with Gasteiger partial charge in [-0.15, -0.1) is 11.8 Å². The minimum atomic E-state index is 0.261. The van der Waals surface area contributed by atoms with E-state index < -0.39 is 0 Å². The summed E-state index contributed by atoms with van der Waals surface area (Å²) in [6.07, 6.45) is 3.74. The van der Waals surface area contributed by atoms with E-state index in [9.17, 15) is 4.79 Å². The summed E-state index contributed by atoms with van der Waals surface area (Å²) in [5, 5.41) is 3.28. The molecule has 1 atom stereocenters. The summed E-state index contributed by atoms with van der Waals surface area (Å²) < 4.78 is 11.4. The number of fused-ring (bicyclic) bond motifs is 1. The number of piperidine rings is 1. The van der Waals surface area contributed by atoms with Crippen molar-refractivity contribution >= 4 is 17.7 Å². The van der Waals surface area contributed by atoms with Gasteiger partial charge in [-0.25, -0.2) is 0 Å². The van der Waals surface area contributed by atoms with E-state index in [2.05, 4.69) is 5.32 Å². The highest BCUT2D eigenvalue weighted by atomic mass is 32.2. The molecule has 0 aromatic heterocycles. The smallest absolute Gasteiger partial charge is 0.223 e. The van der Waals surface area contributed by atoms with E-state index in [0.29, 0.717) is 25.7 Å². The average Bonchev–Trinajstić information content (AvgIpc) is 2.86. The fourth-order valence-electron chi connectivity index (χ4n) is 3.09. The molecule has 2 aliphatic heterocycles. The third-order valence-electron chi connectivity index (χ3n) is 4.49. The Bertz CT molecular complexity index is 567. The van der Waals surface area contributed by atoms with Crippen molar-refractivity contribution in [3.05, 3.63) is 18.2 Å². The fourth-order valence-corrected chi connectivity index (χ4v) is 3.95. The number of likely N-dealkylation sites (tertiary alicyclic amines) is 1. The van der Waals surface area contributed by atoms with Crippen LogP contribution in [-0.4, -0.2) is 56.0 Å². The molecule has 0 spiro atoms. The second-order valence-corrected chi connectivity index (χ2v) is 7.39. The molecule has 1 aromatic carbocycles. The zero-order chi connectivity index (χ0) is 16.8. The summed E-state index contributed by atoms with van der Waals surface area (Å²) in [6, 6.07) is 6.47. The quantitative estimate of drug-likeness (QED) is 0.827. The normalized spacial score (nSPS) is 20.5. The Morgan fingerprint density at radius 1 is 1.29 bits per heavy atom. The van der Waals surface area contributed by atoms with Crippen LogP contribution in [0.1, 0.15) is 25.7 Å². The zero-order valence-corrected chi connectivity index (χ0v) is 15.1. The zero-order valence-electron chi connectivity index (χ0n) is 14.3. The molecule has 6 heteroatoms. The number of benzene rings is 1. The standard InChI is InChI=1S/C18H26N2O3S/c1-19-14-4-2-8-20(13-14)18(21)7-11-24-15-5-6-16-17(12-15)23-10-3-9-22-16/h5-6,12,14,19H,2-4,7-11,13H2,1H3. The lowest BCUT2D eigenvalue weighted by Gasteiger charge is -2.32. The van der Waals surface area contributed by atoms with Gasteiger partial charge in [-0.2, -0.15) is 0 Å². The second kappa shape index (κ2) is 8.62. The van der Waals surface area contributed by atoms with E-state index in [1.165, 1.54) is 0 Å². The number of nitrogens with one attached hydrogen (secondary N) is 1. The molecule has 0 bridgehead atoms. The van der Waals surface area contributed by atoms with E-state index in [0.717, 1.165) is 54.5 Å². The Hall–Kier alpha value is -1.40. The summed E-state index contributed by atoms with van der Waals surface area (Å²) in [5.74, 6) is 2.69. The first-order valence-corrected chi connectivity index (χ1v) is 9.72. The van der Waals surface area contributed by atoms with Crippen LogP contribution in [0.5, 0.6) is 11.5 Å². The Kier molecular flexibility index (Phi) is 6.26. The summed E-state index contributed by atoms with van der Waals surface area (Å²) in [5.41, 5.74) is 0. The lowest BCUT2D eigenvalue weighted by Crippen LogP contribution is -2.47. The predicted molar refractivity (Wildman–Crippen MR) is 96.1 cm³/mol. The maximum atomic E-state index is 12.4. The summed E-state index contributed by atoms with van der Waals surface area (Å²) in [7, 11) is 1.97. The van der Waals surface area contributed by atoms with Gasteiger partial charge in [0, 0.05) is 42.6 Å². The lowest BCUT2D eigenvalue weighted by atomic mass is 10.1. The van der Waals surface area contributed by atoms with Crippen LogP contribution in [-0.2, 0) is 4.79 Å². The van der Waals surface area contributed by atoms with Gasteiger partial charge in [-0.1, -0.05) is 0 Å². The molecule has 0 aliphatic carbocycles. The molecular formula is C18H26N2O3S. The maximum Gasteiger partial charge on any atom is 0.223 e. The Morgan fingerprint density at radius 2 is 2.12 bits per heavy atom. The molecule has 5 nitrogen and oxygen atoms in total. The first-order chi connectivity index (χ1) is 11.8. The lowest BCUT2D eigenvalue weighted by molar-refractivity contribution is -0.132. The number of hydrogen-bond donors (Lipinski definition) is 1. The molecule has 2 heterocycles. The molecule has 0 saturated carbocycles. The van der Waals surface area contributed by atoms with Gasteiger partial charge in [-0.05, 0) is 38.1 Å². The van der Waals surface area contributed by atoms with Crippen molar-refractivity contribution in [2.45, 2.75) is 36.6 Å². The Morgan fingerprint density at radius 3 is 2.96 bits per heavy atom. The minimum absolute atomic E-state index is 0.261. The molecule has 1 unspecified atom stereocenters. The molecule has 1 amide bonds. The van der Waals surface area contributed by atoms with Crippen molar-refractivity contribution in [2.24, 2.45) is 0 Å². The van der Waals surface area contributed by atoms with Gasteiger partial charge in [-0.3, -0.25) is 4.79 Å². The molecule has 1 aromatic rings. The van der Waals surface area contributed by atoms with Crippen molar-refractivity contribution in [1.82, 2.24) is 10.2 Å². The first kappa shape index (κ1) is 17.4. The third kappa shape index (κ3) is 4.57. The van der Waals surface area contributed by atoms with E-state index in [4.69, 9.17) is 9.47 Å². The van der Waals surface area contributed by atoms with Gasteiger partial charge < -0.3 is 19.7 Å². The summed E-state index contributed by atoms with van der Waals surface area (Å²) in [4.78, 5) is 15.5. The number of hydrogen-bond acceptors (Lipinski definition) is 5. The molecule has 1 N–H and O–H groups in total. The fraction of sp³-hybridized carbons (Fsp3) is 0.611. The molecule has 0 radical (unpaired) electrons. The first-order valence-electron chi connectivity index (χ1n) is 8.74. The van der Waals surface area contributed by atoms with Gasteiger partial charge in [0.2, 0.25) is 5.91 Å². The average molecular weight is 350 g/mol. The van der Waals surface area contributed by atoms with Crippen LogP contribution in [0.3, 0.4) is 0 Å². The monoisotopic (exact) mass is 350 g/mol. The summed E-state index contributed by atoms with van der Waals surface area (Å²) >= 11 is 1.70. The number of ether oxygens (including phenoxy) is 2. The number of rotatable bonds is 5. The largest absolute Gasteiger partial charge is 0.490 e. The Labute approximate surface area is 148 Å². The SMILES string of the molecule is CNC1CCCN(C(=O)CCSc2ccc3c(c2)OCCCO3)C1. The minimum Gasteiger partial charge on any atom is -0.490 e. The highest BCUT2D eigenvalue weighted by Crippen LogP contribution is 2.34. The van der Waals surface area contributed by atoms with Gasteiger partial charge in [0.25, 0.3) is 0 Å². The number of carbonyl (C=O) groups excluding carboxylic acids is 1. The highest BCUT2D eigenvalue weighted by Gasteiger charge is 2.22. The second-order valence-electron chi connectivity index (χ2n) is 6.23. The van der Waals surface area contributed by atoms with Crippen LogP contribution in [0.2, 0.25) is 0 Å². The maximum absolute atomic E-state index is 12.4. The van der Waals surface area contributed by atoms with Crippen molar-refractivity contribution in [2.75, 3.05) is 39.1 Å².